The molecule has 6 nitrogen and oxygen atoms in total. The predicted molar refractivity (Wildman–Crippen MR) is 101 cm³/mol. The van der Waals surface area contributed by atoms with Gasteiger partial charge in [0, 0.05) is 37.0 Å². The van der Waals surface area contributed by atoms with Gasteiger partial charge in [-0.15, -0.1) is 5.10 Å². The van der Waals surface area contributed by atoms with Crippen LogP contribution in [0.25, 0.3) is 0 Å². The van der Waals surface area contributed by atoms with Gasteiger partial charge in [0.2, 0.25) is 5.91 Å². The first-order valence-corrected chi connectivity index (χ1v) is 8.85. The third-order valence-electron chi connectivity index (χ3n) is 4.15. The summed E-state index contributed by atoms with van der Waals surface area (Å²) >= 11 is 0. The second-order valence-corrected chi connectivity index (χ2v) is 6.84. The van der Waals surface area contributed by atoms with Crippen LogP contribution in [0.1, 0.15) is 33.1 Å². The van der Waals surface area contributed by atoms with Gasteiger partial charge in [-0.1, -0.05) is 13.8 Å². The van der Waals surface area contributed by atoms with Gasteiger partial charge in [-0.3, -0.25) is 4.79 Å². The molecule has 0 bridgehead atoms. The molecule has 1 saturated heterocycles. The van der Waals surface area contributed by atoms with E-state index >= 15 is 0 Å². The van der Waals surface area contributed by atoms with E-state index in [1.54, 1.807) is 0 Å². The van der Waals surface area contributed by atoms with Gasteiger partial charge >= 0.3 is 0 Å². The number of rotatable bonds is 6. The Hall–Kier alpha value is -2.63. The van der Waals surface area contributed by atoms with Crippen LogP contribution in [0.3, 0.4) is 0 Å². The van der Waals surface area contributed by atoms with E-state index in [1.807, 2.05) is 50.4 Å². The lowest BCUT2D eigenvalue weighted by molar-refractivity contribution is -0.116. The number of aromatic nitrogens is 2. The highest BCUT2D eigenvalue weighted by Gasteiger charge is 2.13. The van der Waals surface area contributed by atoms with Crippen molar-refractivity contribution in [2.45, 2.75) is 33.1 Å². The predicted octanol–water partition coefficient (Wildman–Crippen LogP) is 3.81. The lowest BCUT2D eigenvalue weighted by Gasteiger charge is -2.17. The maximum Gasteiger partial charge on any atom is 0.224 e. The number of carbonyl (C=O) groups excluding carboxylic acids is 1. The molecule has 2 N–H and O–H groups in total. The molecule has 1 fully saturated rings. The first-order valence-electron chi connectivity index (χ1n) is 8.85. The Morgan fingerprint density at radius 3 is 2.52 bits per heavy atom. The monoisotopic (exact) mass is 339 g/mol. The second kappa shape index (κ2) is 7.96. The number of anilines is 4. The summed E-state index contributed by atoms with van der Waals surface area (Å²) in [6.45, 7) is 6.22. The molecule has 0 aliphatic carbocycles. The van der Waals surface area contributed by atoms with Gasteiger partial charge < -0.3 is 15.5 Å². The standard InChI is InChI=1S/C19H25N5O/c1-14(2)11-19(25)22-16-7-5-15(6-8-16)21-18-12-17(13-20-23-18)24-9-3-4-10-24/h5-8,12-14H,3-4,9-11H2,1-2H3,(H,21,23)(H,22,25). The van der Waals surface area contributed by atoms with Crippen molar-refractivity contribution in [2.24, 2.45) is 5.92 Å². The molecule has 2 heterocycles. The molecular weight excluding hydrogens is 314 g/mol. The number of amides is 1. The van der Waals surface area contributed by atoms with E-state index in [2.05, 4.69) is 25.7 Å². The van der Waals surface area contributed by atoms with Crippen LogP contribution in [-0.4, -0.2) is 29.2 Å². The lowest BCUT2D eigenvalue weighted by Crippen LogP contribution is -2.18. The number of nitrogens with zero attached hydrogens (tertiary/aromatic N) is 3. The lowest BCUT2D eigenvalue weighted by atomic mass is 10.1. The zero-order valence-electron chi connectivity index (χ0n) is 14.8. The van der Waals surface area contributed by atoms with E-state index in [4.69, 9.17) is 0 Å². The Kier molecular flexibility index (Phi) is 5.48. The van der Waals surface area contributed by atoms with Crippen LogP contribution in [-0.2, 0) is 4.79 Å². The minimum atomic E-state index is 0.0416. The van der Waals surface area contributed by atoms with Gasteiger partial charge in [-0.25, -0.2) is 0 Å². The summed E-state index contributed by atoms with van der Waals surface area (Å²) in [5.74, 6) is 1.11. The molecule has 0 saturated carbocycles. The first-order chi connectivity index (χ1) is 12.1. The Labute approximate surface area is 148 Å². The van der Waals surface area contributed by atoms with Gasteiger partial charge in [-0.2, -0.15) is 5.10 Å². The Balaban J connectivity index is 1.61. The third kappa shape index (κ3) is 4.92. The molecule has 1 aliphatic rings. The van der Waals surface area contributed by atoms with Crippen molar-refractivity contribution < 1.29 is 4.79 Å². The van der Waals surface area contributed by atoms with E-state index in [9.17, 15) is 4.79 Å². The average molecular weight is 339 g/mol. The van der Waals surface area contributed by atoms with Crippen molar-refractivity contribution in [3.8, 4) is 0 Å². The molecule has 1 aromatic carbocycles. The fourth-order valence-corrected chi connectivity index (χ4v) is 2.93. The molecule has 1 amide bonds. The van der Waals surface area contributed by atoms with Gasteiger partial charge in [-0.05, 0) is 43.0 Å². The highest BCUT2D eigenvalue weighted by Crippen LogP contribution is 2.23. The molecule has 3 rings (SSSR count). The smallest absolute Gasteiger partial charge is 0.224 e. The SMILES string of the molecule is CC(C)CC(=O)Nc1ccc(Nc2cc(N3CCCC3)cnn2)cc1. The van der Waals surface area contributed by atoms with Crippen LogP contribution < -0.4 is 15.5 Å². The summed E-state index contributed by atoms with van der Waals surface area (Å²) in [4.78, 5) is 14.1. The fourth-order valence-electron chi connectivity index (χ4n) is 2.93. The molecule has 0 unspecified atom stereocenters. The van der Waals surface area contributed by atoms with Gasteiger partial charge in [0.15, 0.2) is 5.82 Å². The summed E-state index contributed by atoms with van der Waals surface area (Å²) < 4.78 is 0. The summed E-state index contributed by atoms with van der Waals surface area (Å²) in [5.41, 5.74) is 2.82. The van der Waals surface area contributed by atoms with Crippen molar-refractivity contribution in [3.63, 3.8) is 0 Å². The van der Waals surface area contributed by atoms with Crippen molar-refractivity contribution in [3.05, 3.63) is 36.5 Å². The van der Waals surface area contributed by atoms with Crippen molar-refractivity contribution in [1.29, 1.82) is 0 Å². The Morgan fingerprint density at radius 2 is 1.84 bits per heavy atom. The first kappa shape index (κ1) is 17.2. The van der Waals surface area contributed by atoms with Gasteiger partial charge in [0.25, 0.3) is 0 Å². The van der Waals surface area contributed by atoms with Crippen molar-refractivity contribution in [2.75, 3.05) is 28.6 Å². The van der Waals surface area contributed by atoms with Crippen LogP contribution in [0.4, 0.5) is 22.9 Å². The largest absolute Gasteiger partial charge is 0.370 e. The molecule has 0 spiro atoms. The number of hydrogen-bond acceptors (Lipinski definition) is 5. The van der Waals surface area contributed by atoms with Crippen LogP contribution in [0.15, 0.2) is 36.5 Å². The Bertz CT molecular complexity index is 708. The normalized spacial score (nSPS) is 14.0. The molecule has 2 aromatic rings. The van der Waals surface area contributed by atoms with Crippen LogP contribution in [0.5, 0.6) is 0 Å². The molecule has 132 valence electrons. The topological polar surface area (TPSA) is 70.2 Å². The van der Waals surface area contributed by atoms with Crippen LogP contribution in [0, 0.1) is 5.92 Å². The number of carbonyl (C=O) groups is 1. The summed E-state index contributed by atoms with van der Waals surface area (Å²) in [5, 5.41) is 14.4. The van der Waals surface area contributed by atoms with Crippen molar-refractivity contribution >= 4 is 28.8 Å². The van der Waals surface area contributed by atoms with Gasteiger partial charge in [0.05, 0.1) is 11.9 Å². The van der Waals surface area contributed by atoms with Crippen LogP contribution in [0.2, 0.25) is 0 Å². The molecular formula is C19H25N5O. The van der Waals surface area contributed by atoms with E-state index in [-0.39, 0.29) is 5.91 Å². The number of nitrogens with one attached hydrogen (secondary N) is 2. The summed E-state index contributed by atoms with van der Waals surface area (Å²) in [6.07, 6.45) is 4.80. The molecule has 1 aromatic heterocycles. The average Bonchev–Trinajstić information content (AvgIpc) is 3.11. The molecule has 25 heavy (non-hydrogen) atoms. The van der Waals surface area contributed by atoms with E-state index in [0.29, 0.717) is 12.3 Å². The van der Waals surface area contributed by atoms with E-state index < -0.39 is 0 Å². The second-order valence-electron chi connectivity index (χ2n) is 6.84. The molecule has 1 aliphatic heterocycles. The zero-order valence-corrected chi connectivity index (χ0v) is 14.8. The van der Waals surface area contributed by atoms with Gasteiger partial charge in [0.1, 0.15) is 0 Å². The molecule has 6 heteroatoms. The highest BCUT2D eigenvalue weighted by atomic mass is 16.1. The quantitative estimate of drug-likeness (QED) is 0.837. The third-order valence-corrected chi connectivity index (χ3v) is 4.15. The minimum absolute atomic E-state index is 0.0416. The summed E-state index contributed by atoms with van der Waals surface area (Å²) in [6, 6.07) is 9.65. The number of benzene rings is 1. The maximum absolute atomic E-state index is 11.8. The van der Waals surface area contributed by atoms with Crippen LogP contribution >= 0.6 is 0 Å². The number of hydrogen-bond donors (Lipinski definition) is 2. The Morgan fingerprint density at radius 1 is 1.16 bits per heavy atom. The minimum Gasteiger partial charge on any atom is -0.370 e. The molecule has 0 radical (unpaired) electrons. The highest BCUT2D eigenvalue weighted by molar-refractivity contribution is 5.91. The fraction of sp³-hybridized carbons (Fsp3) is 0.421. The summed E-state index contributed by atoms with van der Waals surface area (Å²) in [7, 11) is 0. The van der Waals surface area contributed by atoms with E-state index in [1.165, 1.54) is 12.8 Å². The van der Waals surface area contributed by atoms with E-state index in [0.717, 1.165) is 36.0 Å². The maximum atomic E-state index is 11.8. The van der Waals surface area contributed by atoms with Crippen molar-refractivity contribution in [1.82, 2.24) is 10.2 Å². The molecule has 0 atom stereocenters. The zero-order chi connectivity index (χ0) is 17.6.